The molecule has 2 heterocycles. The van der Waals surface area contributed by atoms with Gasteiger partial charge in [0.15, 0.2) is 0 Å². The normalized spacial score (nSPS) is 22.8. The van der Waals surface area contributed by atoms with E-state index >= 15 is 0 Å². The van der Waals surface area contributed by atoms with E-state index in [-0.39, 0.29) is 0 Å². The SMILES string of the molecule is CCc1ncc(CN2C[C@@H](CN)[C@H](c3ccccc3)C2)s1. The Balaban J connectivity index is 1.69. The quantitative estimate of drug-likeness (QED) is 0.923. The van der Waals surface area contributed by atoms with Gasteiger partial charge in [0, 0.05) is 36.6 Å². The summed E-state index contributed by atoms with van der Waals surface area (Å²) in [5, 5.41) is 1.24. The van der Waals surface area contributed by atoms with Crippen molar-refractivity contribution in [3.63, 3.8) is 0 Å². The van der Waals surface area contributed by atoms with Crippen LogP contribution < -0.4 is 5.73 Å². The van der Waals surface area contributed by atoms with Gasteiger partial charge in [-0.15, -0.1) is 11.3 Å². The summed E-state index contributed by atoms with van der Waals surface area (Å²) in [7, 11) is 0. The molecule has 0 amide bonds. The molecule has 0 aliphatic carbocycles. The number of thiazole rings is 1. The third-order valence-electron chi connectivity index (χ3n) is 4.33. The molecule has 0 radical (unpaired) electrons. The van der Waals surface area contributed by atoms with Gasteiger partial charge in [0.25, 0.3) is 0 Å². The molecular weight excluding hydrogens is 278 g/mol. The maximum absolute atomic E-state index is 6.01. The molecule has 1 fully saturated rings. The number of rotatable bonds is 5. The van der Waals surface area contributed by atoms with Crippen molar-refractivity contribution in [3.8, 4) is 0 Å². The number of benzene rings is 1. The van der Waals surface area contributed by atoms with Gasteiger partial charge >= 0.3 is 0 Å². The monoisotopic (exact) mass is 301 g/mol. The highest BCUT2D eigenvalue weighted by molar-refractivity contribution is 7.11. The van der Waals surface area contributed by atoms with E-state index in [1.165, 1.54) is 15.4 Å². The fraction of sp³-hybridized carbons (Fsp3) is 0.471. The summed E-state index contributed by atoms with van der Waals surface area (Å²) in [5.74, 6) is 1.13. The summed E-state index contributed by atoms with van der Waals surface area (Å²) >= 11 is 1.84. The van der Waals surface area contributed by atoms with Crippen molar-refractivity contribution in [1.29, 1.82) is 0 Å². The van der Waals surface area contributed by atoms with E-state index in [9.17, 15) is 0 Å². The molecule has 0 bridgehead atoms. The van der Waals surface area contributed by atoms with Crippen molar-refractivity contribution in [3.05, 3.63) is 52.0 Å². The van der Waals surface area contributed by atoms with E-state index in [4.69, 9.17) is 5.73 Å². The van der Waals surface area contributed by atoms with Crippen LogP contribution in [0, 0.1) is 5.92 Å². The molecule has 21 heavy (non-hydrogen) atoms. The standard InChI is InChI=1S/C17H23N3S/c1-2-17-19-9-15(21-17)11-20-10-14(8-18)16(12-20)13-6-4-3-5-7-13/h3-7,9,14,16H,2,8,10-12,18H2,1H3/t14-,16+/m1/s1. The zero-order valence-corrected chi connectivity index (χ0v) is 13.4. The molecule has 112 valence electrons. The lowest BCUT2D eigenvalue weighted by molar-refractivity contribution is 0.319. The molecule has 0 saturated carbocycles. The zero-order chi connectivity index (χ0) is 14.7. The molecule has 4 heteroatoms. The van der Waals surface area contributed by atoms with Crippen LogP contribution in [0.4, 0.5) is 0 Å². The van der Waals surface area contributed by atoms with Crippen LogP contribution in [0.1, 0.15) is 28.3 Å². The Morgan fingerprint density at radius 1 is 1.29 bits per heavy atom. The predicted octanol–water partition coefficient (Wildman–Crippen LogP) is 2.88. The topological polar surface area (TPSA) is 42.2 Å². The average molecular weight is 301 g/mol. The van der Waals surface area contributed by atoms with E-state index in [1.54, 1.807) is 0 Å². The van der Waals surface area contributed by atoms with Crippen molar-refractivity contribution in [2.75, 3.05) is 19.6 Å². The zero-order valence-electron chi connectivity index (χ0n) is 12.5. The number of nitrogens with two attached hydrogens (primary N) is 1. The van der Waals surface area contributed by atoms with Gasteiger partial charge in [-0.2, -0.15) is 0 Å². The number of hydrogen-bond donors (Lipinski definition) is 1. The first-order valence-corrected chi connectivity index (χ1v) is 8.52. The average Bonchev–Trinajstić information content (AvgIpc) is 3.15. The molecule has 2 atom stereocenters. The summed E-state index contributed by atoms with van der Waals surface area (Å²) in [6, 6.07) is 10.8. The van der Waals surface area contributed by atoms with E-state index in [2.05, 4.69) is 47.1 Å². The molecule has 3 nitrogen and oxygen atoms in total. The van der Waals surface area contributed by atoms with Crippen molar-refractivity contribution in [2.24, 2.45) is 11.7 Å². The van der Waals surface area contributed by atoms with Gasteiger partial charge in [0.1, 0.15) is 0 Å². The van der Waals surface area contributed by atoms with E-state index in [1.807, 2.05) is 17.5 Å². The Labute approximate surface area is 130 Å². The summed E-state index contributed by atoms with van der Waals surface area (Å²) in [6.07, 6.45) is 3.07. The second-order valence-electron chi connectivity index (χ2n) is 5.78. The summed E-state index contributed by atoms with van der Waals surface area (Å²) in [5.41, 5.74) is 7.43. The molecule has 0 spiro atoms. The fourth-order valence-electron chi connectivity index (χ4n) is 3.21. The number of likely N-dealkylation sites (tertiary alicyclic amines) is 1. The Morgan fingerprint density at radius 2 is 2.10 bits per heavy atom. The Kier molecular flexibility index (Phi) is 4.68. The number of hydrogen-bond acceptors (Lipinski definition) is 4. The lowest BCUT2D eigenvalue weighted by Gasteiger charge is -2.16. The molecule has 3 rings (SSSR count). The van der Waals surface area contributed by atoms with Crippen molar-refractivity contribution in [2.45, 2.75) is 25.8 Å². The number of nitrogens with zero attached hydrogens (tertiary/aromatic N) is 2. The maximum atomic E-state index is 6.01. The molecule has 1 aliphatic heterocycles. The minimum atomic E-state index is 0.561. The van der Waals surface area contributed by atoms with Gasteiger partial charge in [-0.1, -0.05) is 37.3 Å². The predicted molar refractivity (Wildman–Crippen MR) is 88.5 cm³/mol. The van der Waals surface area contributed by atoms with Crippen molar-refractivity contribution < 1.29 is 0 Å². The highest BCUT2D eigenvalue weighted by atomic mass is 32.1. The van der Waals surface area contributed by atoms with Gasteiger partial charge in [0.2, 0.25) is 0 Å². The van der Waals surface area contributed by atoms with Crippen LogP contribution in [-0.4, -0.2) is 29.5 Å². The van der Waals surface area contributed by atoms with Gasteiger partial charge in [-0.3, -0.25) is 4.90 Å². The van der Waals surface area contributed by atoms with E-state index in [0.29, 0.717) is 11.8 Å². The summed E-state index contributed by atoms with van der Waals surface area (Å²) in [6.45, 7) is 6.13. The molecule has 1 aromatic carbocycles. The number of aryl methyl sites for hydroxylation is 1. The maximum Gasteiger partial charge on any atom is 0.0925 e. The summed E-state index contributed by atoms with van der Waals surface area (Å²) in [4.78, 5) is 8.36. The van der Waals surface area contributed by atoms with E-state index in [0.717, 1.165) is 32.6 Å². The second kappa shape index (κ2) is 6.69. The molecule has 1 saturated heterocycles. The van der Waals surface area contributed by atoms with Crippen LogP contribution in [0.5, 0.6) is 0 Å². The molecule has 0 unspecified atom stereocenters. The van der Waals surface area contributed by atoms with Crippen molar-refractivity contribution in [1.82, 2.24) is 9.88 Å². The molecule has 2 aromatic rings. The van der Waals surface area contributed by atoms with Crippen LogP contribution in [0.2, 0.25) is 0 Å². The van der Waals surface area contributed by atoms with Gasteiger partial charge in [-0.05, 0) is 24.4 Å². The summed E-state index contributed by atoms with van der Waals surface area (Å²) < 4.78 is 0. The van der Waals surface area contributed by atoms with E-state index < -0.39 is 0 Å². The van der Waals surface area contributed by atoms with Gasteiger partial charge < -0.3 is 5.73 Å². The molecule has 1 aromatic heterocycles. The van der Waals surface area contributed by atoms with Gasteiger partial charge in [-0.25, -0.2) is 4.98 Å². The highest BCUT2D eigenvalue weighted by Crippen LogP contribution is 2.33. The van der Waals surface area contributed by atoms with Crippen LogP contribution in [0.25, 0.3) is 0 Å². The second-order valence-corrected chi connectivity index (χ2v) is 6.98. The first-order chi connectivity index (χ1) is 10.3. The third kappa shape index (κ3) is 3.34. The van der Waals surface area contributed by atoms with Crippen LogP contribution >= 0.6 is 11.3 Å². The Morgan fingerprint density at radius 3 is 2.76 bits per heavy atom. The van der Waals surface area contributed by atoms with Gasteiger partial charge in [0.05, 0.1) is 5.01 Å². The Bertz CT molecular complexity index is 566. The minimum Gasteiger partial charge on any atom is -0.330 e. The smallest absolute Gasteiger partial charge is 0.0925 e. The highest BCUT2D eigenvalue weighted by Gasteiger charge is 2.32. The third-order valence-corrected chi connectivity index (χ3v) is 5.46. The van der Waals surface area contributed by atoms with Crippen LogP contribution in [0.3, 0.4) is 0 Å². The lowest BCUT2D eigenvalue weighted by Crippen LogP contribution is -2.22. The van der Waals surface area contributed by atoms with Crippen LogP contribution in [0.15, 0.2) is 36.5 Å². The minimum absolute atomic E-state index is 0.561. The molecule has 2 N–H and O–H groups in total. The lowest BCUT2D eigenvalue weighted by atomic mass is 9.89. The first-order valence-electron chi connectivity index (χ1n) is 7.71. The first kappa shape index (κ1) is 14.7. The van der Waals surface area contributed by atoms with Crippen molar-refractivity contribution >= 4 is 11.3 Å². The fourth-order valence-corrected chi connectivity index (χ4v) is 4.12. The molecule has 1 aliphatic rings. The molecular formula is C17H23N3S. The largest absolute Gasteiger partial charge is 0.330 e. The Hall–Kier alpha value is -1.23. The van der Waals surface area contributed by atoms with Crippen LogP contribution in [-0.2, 0) is 13.0 Å². The number of aromatic nitrogens is 1.